The summed E-state index contributed by atoms with van der Waals surface area (Å²) in [4.78, 5) is 16.3. The fraction of sp³-hybridized carbons (Fsp3) is 0.929. The van der Waals surface area contributed by atoms with Gasteiger partial charge in [0.15, 0.2) is 0 Å². The number of carbonyl (C=O) groups is 1. The third kappa shape index (κ3) is 3.04. The van der Waals surface area contributed by atoms with Gasteiger partial charge in [-0.05, 0) is 52.7 Å². The van der Waals surface area contributed by atoms with Crippen molar-refractivity contribution in [1.82, 2.24) is 9.80 Å². The van der Waals surface area contributed by atoms with Crippen molar-refractivity contribution >= 4 is 5.97 Å². The van der Waals surface area contributed by atoms with Gasteiger partial charge in [-0.1, -0.05) is 13.8 Å². The Labute approximate surface area is 111 Å². The van der Waals surface area contributed by atoms with Crippen LogP contribution in [0.25, 0.3) is 0 Å². The molecule has 1 unspecified atom stereocenters. The van der Waals surface area contributed by atoms with Gasteiger partial charge in [-0.2, -0.15) is 0 Å². The third-order valence-electron chi connectivity index (χ3n) is 4.35. The molecule has 4 nitrogen and oxygen atoms in total. The molecule has 106 valence electrons. The highest BCUT2D eigenvalue weighted by Gasteiger charge is 2.43. The molecule has 1 N–H and O–H groups in total. The molecule has 0 amide bonds. The summed E-state index contributed by atoms with van der Waals surface area (Å²) >= 11 is 0. The molecule has 1 aliphatic rings. The largest absolute Gasteiger partial charge is 0.480 e. The zero-order valence-electron chi connectivity index (χ0n) is 12.3. The Morgan fingerprint density at radius 3 is 2.33 bits per heavy atom. The molecule has 0 aromatic carbocycles. The predicted molar refractivity (Wildman–Crippen MR) is 73.8 cm³/mol. The first kappa shape index (κ1) is 15.4. The van der Waals surface area contributed by atoms with Gasteiger partial charge in [0.1, 0.15) is 5.54 Å². The summed E-state index contributed by atoms with van der Waals surface area (Å²) in [5.41, 5.74) is -0.646. The van der Waals surface area contributed by atoms with Gasteiger partial charge in [0, 0.05) is 12.6 Å². The van der Waals surface area contributed by atoms with E-state index < -0.39 is 11.5 Å². The number of carboxylic acids is 1. The van der Waals surface area contributed by atoms with Crippen molar-refractivity contribution in [2.45, 2.75) is 58.5 Å². The Hall–Kier alpha value is -0.610. The van der Waals surface area contributed by atoms with E-state index in [0.29, 0.717) is 6.04 Å². The molecule has 18 heavy (non-hydrogen) atoms. The van der Waals surface area contributed by atoms with Crippen molar-refractivity contribution in [2.75, 3.05) is 26.2 Å². The van der Waals surface area contributed by atoms with E-state index in [0.717, 1.165) is 45.4 Å². The number of nitrogens with zero attached hydrogens (tertiary/aromatic N) is 2. The lowest BCUT2D eigenvalue weighted by Gasteiger charge is -2.39. The van der Waals surface area contributed by atoms with Crippen LogP contribution in [0.2, 0.25) is 0 Å². The second-order valence-corrected chi connectivity index (χ2v) is 5.49. The lowest BCUT2D eigenvalue weighted by molar-refractivity contribution is -0.152. The third-order valence-corrected chi connectivity index (χ3v) is 4.35. The number of likely N-dealkylation sites (N-methyl/N-ethyl adjacent to an activating group) is 1. The van der Waals surface area contributed by atoms with E-state index in [-0.39, 0.29) is 0 Å². The maximum Gasteiger partial charge on any atom is 0.324 e. The number of rotatable bonds is 5. The molecule has 1 rings (SSSR count). The second-order valence-electron chi connectivity index (χ2n) is 5.49. The van der Waals surface area contributed by atoms with Crippen molar-refractivity contribution in [3.63, 3.8) is 0 Å². The van der Waals surface area contributed by atoms with Crippen molar-refractivity contribution < 1.29 is 9.90 Å². The van der Waals surface area contributed by atoms with Gasteiger partial charge < -0.3 is 10.0 Å². The fourth-order valence-electron chi connectivity index (χ4n) is 3.15. The van der Waals surface area contributed by atoms with Gasteiger partial charge in [0.25, 0.3) is 0 Å². The Balaban J connectivity index is 2.89. The maximum absolute atomic E-state index is 11.8. The average Bonchev–Trinajstić information content (AvgIpc) is 2.54. The first-order chi connectivity index (χ1) is 8.47. The van der Waals surface area contributed by atoms with Gasteiger partial charge in [0.05, 0.1) is 0 Å². The van der Waals surface area contributed by atoms with E-state index in [1.54, 1.807) is 0 Å². The van der Waals surface area contributed by atoms with Crippen LogP contribution in [0.1, 0.15) is 47.0 Å². The maximum atomic E-state index is 11.8. The van der Waals surface area contributed by atoms with Crippen LogP contribution >= 0.6 is 0 Å². The minimum atomic E-state index is -0.646. The lowest BCUT2D eigenvalue weighted by Crippen LogP contribution is -2.55. The topological polar surface area (TPSA) is 43.8 Å². The summed E-state index contributed by atoms with van der Waals surface area (Å²) in [6, 6.07) is 0.506. The van der Waals surface area contributed by atoms with E-state index in [2.05, 4.69) is 37.5 Å². The van der Waals surface area contributed by atoms with Crippen LogP contribution in [-0.2, 0) is 4.79 Å². The van der Waals surface area contributed by atoms with Crippen molar-refractivity contribution in [3.8, 4) is 0 Å². The van der Waals surface area contributed by atoms with E-state index in [1.807, 2.05) is 0 Å². The second kappa shape index (κ2) is 6.53. The summed E-state index contributed by atoms with van der Waals surface area (Å²) in [6.45, 7) is 12.0. The fourth-order valence-corrected chi connectivity index (χ4v) is 3.15. The van der Waals surface area contributed by atoms with Crippen LogP contribution in [-0.4, -0.2) is 58.6 Å². The molecule has 4 heteroatoms. The van der Waals surface area contributed by atoms with Crippen LogP contribution in [0, 0.1) is 0 Å². The smallest absolute Gasteiger partial charge is 0.324 e. The van der Waals surface area contributed by atoms with E-state index >= 15 is 0 Å². The van der Waals surface area contributed by atoms with Gasteiger partial charge >= 0.3 is 5.97 Å². The minimum Gasteiger partial charge on any atom is -0.480 e. The molecule has 1 fully saturated rings. The minimum absolute atomic E-state index is 0.506. The molecule has 1 aliphatic heterocycles. The highest BCUT2D eigenvalue weighted by molar-refractivity contribution is 5.78. The summed E-state index contributed by atoms with van der Waals surface area (Å²) in [7, 11) is 0. The Morgan fingerprint density at radius 1 is 1.28 bits per heavy atom. The number of aliphatic carboxylic acids is 1. The molecule has 0 saturated carbocycles. The molecule has 0 bridgehead atoms. The molecule has 1 atom stereocenters. The molecular weight excluding hydrogens is 228 g/mol. The summed E-state index contributed by atoms with van der Waals surface area (Å²) < 4.78 is 0. The summed E-state index contributed by atoms with van der Waals surface area (Å²) in [5.74, 6) is -0.642. The van der Waals surface area contributed by atoms with Crippen molar-refractivity contribution in [1.29, 1.82) is 0 Å². The molecule has 0 aromatic heterocycles. The predicted octanol–water partition coefficient (Wildman–Crippen LogP) is 2.05. The van der Waals surface area contributed by atoms with E-state index in [1.165, 1.54) is 0 Å². The number of hydrogen-bond donors (Lipinski definition) is 1. The van der Waals surface area contributed by atoms with Crippen LogP contribution in [0.3, 0.4) is 0 Å². The number of likely N-dealkylation sites (tertiary alicyclic amines) is 1. The molecule has 0 spiro atoms. The molecule has 0 radical (unpaired) electrons. The Morgan fingerprint density at radius 2 is 1.89 bits per heavy atom. The van der Waals surface area contributed by atoms with Gasteiger partial charge in [-0.15, -0.1) is 0 Å². The van der Waals surface area contributed by atoms with Crippen molar-refractivity contribution in [2.24, 2.45) is 0 Å². The summed E-state index contributed by atoms with van der Waals surface area (Å²) in [5, 5.41) is 9.71. The van der Waals surface area contributed by atoms with Gasteiger partial charge in [0.2, 0.25) is 0 Å². The monoisotopic (exact) mass is 256 g/mol. The lowest BCUT2D eigenvalue weighted by atomic mass is 9.88. The van der Waals surface area contributed by atoms with E-state index in [4.69, 9.17) is 0 Å². The first-order valence-corrected chi connectivity index (χ1v) is 7.20. The van der Waals surface area contributed by atoms with Gasteiger partial charge in [-0.25, -0.2) is 0 Å². The average molecular weight is 256 g/mol. The normalized spacial score (nSPS) is 26.6. The zero-order valence-corrected chi connectivity index (χ0v) is 12.3. The van der Waals surface area contributed by atoms with Crippen molar-refractivity contribution in [3.05, 3.63) is 0 Å². The number of hydrogen-bond acceptors (Lipinski definition) is 3. The van der Waals surface area contributed by atoms with Crippen LogP contribution in [0.4, 0.5) is 0 Å². The highest BCUT2D eigenvalue weighted by atomic mass is 16.4. The van der Waals surface area contributed by atoms with Crippen LogP contribution in [0.5, 0.6) is 0 Å². The Bertz CT molecular complexity index is 277. The van der Waals surface area contributed by atoms with Crippen LogP contribution < -0.4 is 0 Å². The summed E-state index contributed by atoms with van der Waals surface area (Å²) in [6.07, 6.45) is 2.48. The Kier molecular flexibility index (Phi) is 5.60. The first-order valence-electron chi connectivity index (χ1n) is 7.20. The molecule has 1 saturated heterocycles. The molecule has 0 aliphatic carbocycles. The van der Waals surface area contributed by atoms with Gasteiger partial charge in [-0.3, -0.25) is 9.69 Å². The quantitative estimate of drug-likeness (QED) is 0.817. The van der Waals surface area contributed by atoms with Crippen LogP contribution in [0.15, 0.2) is 0 Å². The van der Waals surface area contributed by atoms with E-state index in [9.17, 15) is 9.90 Å². The molecule has 0 aromatic rings. The molecule has 1 heterocycles. The highest BCUT2D eigenvalue weighted by Crippen LogP contribution is 2.30. The standard InChI is InChI=1S/C14H28N2O2/c1-5-16(6-2)14(13(17)18)8-7-10-15(11-9-14)12(3)4/h12H,5-11H2,1-4H3,(H,17,18). The zero-order chi connectivity index (χ0) is 13.8. The molecular formula is C14H28N2O2. The SMILES string of the molecule is CCN(CC)C1(C(=O)O)CCCN(C(C)C)CC1. The number of carboxylic acid groups (broad SMARTS) is 1.